The first kappa shape index (κ1) is 26.5. The molecule has 0 aliphatic rings. The summed E-state index contributed by atoms with van der Waals surface area (Å²) in [6.07, 6.45) is 0.910. The van der Waals surface area contributed by atoms with E-state index in [1.807, 2.05) is 42.5 Å². The average molecular weight is 561 g/mol. The van der Waals surface area contributed by atoms with Crippen LogP contribution in [0.3, 0.4) is 0 Å². The van der Waals surface area contributed by atoms with Crippen molar-refractivity contribution < 1.29 is 30.8 Å². The van der Waals surface area contributed by atoms with Crippen LogP contribution in [-0.2, 0) is 6.54 Å². The van der Waals surface area contributed by atoms with Crippen LogP contribution in [0.2, 0.25) is 10.0 Å². The molecule has 0 radical (unpaired) electrons. The third kappa shape index (κ3) is 8.01. The fourth-order valence-electron chi connectivity index (χ4n) is 3.14. The van der Waals surface area contributed by atoms with Gasteiger partial charge in [-0.25, -0.2) is 0 Å². The summed E-state index contributed by atoms with van der Waals surface area (Å²) in [4.78, 5) is 12.5. The highest BCUT2D eigenvalue weighted by molar-refractivity contribution is 7.99. The molecular formula is C22H24BrCl2N3O3S. The van der Waals surface area contributed by atoms with Gasteiger partial charge >= 0.3 is 5.88 Å². The zero-order chi connectivity index (χ0) is 22.4. The van der Waals surface area contributed by atoms with Crippen LogP contribution >= 0.6 is 35.0 Å². The largest absolute Gasteiger partial charge is 1.00 e. The van der Waals surface area contributed by atoms with Crippen molar-refractivity contribution >= 4 is 46.5 Å². The van der Waals surface area contributed by atoms with Gasteiger partial charge in [-0.2, -0.15) is 0 Å². The van der Waals surface area contributed by atoms with E-state index in [2.05, 4.69) is 19.4 Å². The van der Waals surface area contributed by atoms with Gasteiger partial charge in [0.25, 0.3) is 0 Å². The Bertz CT molecular complexity index is 1050. The predicted molar refractivity (Wildman–Crippen MR) is 126 cm³/mol. The fraction of sp³-hybridized carbons (Fsp3) is 0.273. The number of rotatable bonds is 10. The summed E-state index contributed by atoms with van der Waals surface area (Å²) in [5.41, 5.74) is 0.986. The fourth-order valence-corrected chi connectivity index (χ4v) is 4.34. The van der Waals surface area contributed by atoms with Crippen molar-refractivity contribution in [2.75, 3.05) is 32.5 Å². The van der Waals surface area contributed by atoms with Crippen LogP contribution < -0.4 is 22.3 Å². The minimum Gasteiger partial charge on any atom is -1.00 e. The van der Waals surface area contributed by atoms with Crippen LogP contribution in [0.4, 0.5) is 11.6 Å². The normalized spacial score (nSPS) is 11.1. The smallest absolute Gasteiger partial charge is 0.433 e. The number of halogens is 3. The second kappa shape index (κ2) is 12.0. The minimum absolute atomic E-state index is 0. The highest BCUT2D eigenvalue weighted by Crippen LogP contribution is 2.35. The van der Waals surface area contributed by atoms with Crippen molar-refractivity contribution in [3.8, 4) is 0 Å². The maximum atomic E-state index is 10.8. The standard InChI is InChI=1S/C22H24Cl2N3O3S.BrH/c1-27(2,15-18-7-11-22(30-18)26(28)29)13-3-12-25-20-14-17(24)6-10-21(20)31-19-8-4-16(23)5-9-19;/h4-11,14,25H,3,12-13,15H2,1-2H3;1H/q+1;/p-1. The summed E-state index contributed by atoms with van der Waals surface area (Å²) >= 11 is 13.8. The van der Waals surface area contributed by atoms with Crippen LogP contribution in [0.25, 0.3) is 0 Å². The lowest BCUT2D eigenvalue weighted by atomic mass is 10.3. The van der Waals surface area contributed by atoms with Gasteiger partial charge in [0.05, 0.1) is 26.7 Å². The van der Waals surface area contributed by atoms with Crippen LogP contribution in [0, 0.1) is 10.1 Å². The average Bonchev–Trinajstić information content (AvgIpc) is 3.17. The Balaban J connectivity index is 0.00000363. The molecule has 0 saturated carbocycles. The maximum Gasteiger partial charge on any atom is 0.433 e. The van der Waals surface area contributed by atoms with Gasteiger partial charge in [0, 0.05) is 38.5 Å². The number of hydrogen-bond acceptors (Lipinski definition) is 5. The van der Waals surface area contributed by atoms with E-state index < -0.39 is 4.92 Å². The topological polar surface area (TPSA) is 68.3 Å². The Kier molecular flexibility index (Phi) is 9.91. The van der Waals surface area contributed by atoms with Crippen molar-refractivity contribution in [3.63, 3.8) is 0 Å². The van der Waals surface area contributed by atoms with E-state index in [1.54, 1.807) is 17.8 Å². The number of nitrogens with zero attached hydrogens (tertiary/aromatic N) is 2. The van der Waals surface area contributed by atoms with Crippen molar-refractivity contribution in [1.82, 2.24) is 0 Å². The number of hydrogen-bond donors (Lipinski definition) is 1. The SMILES string of the molecule is C[N+](C)(CCCNc1cc(Cl)ccc1Sc1ccc(Cl)cc1)Cc1ccc([N+](=O)[O-])o1.[Br-]. The van der Waals surface area contributed by atoms with Crippen molar-refractivity contribution in [1.29, 1.82) is 0 Å². The van der Waals surface area contributed by atoms with Crippen LogP contribution in [0.5, 0.6) is 0 Å². The molecule has 0 fully saturated rings. The molecule has 0 saturated heterocycles. The Labute approximate surface area is 212 Å². The Morgan fingerprint density at radius 1 is 1.06 bits per heavy atom. The number of benzene rings is 2. The van der Waals surface area contributed by atoms with E-state index in [0.717, 1.165) is 35.0 Å². The lowest BCUT2D eigenvalue weighted by molar-refractivity contribution is -0.904. The molecule has 172 valence electrons. The van der Waals surface area contributed by atoms with Crippen LogP contribution in [-0.4, -0.2) is 36.6 Å². The van der Waals surface area contributed by atoms with Crippen molar-refractivity contribution in [2.24, 2.45) is 0 Å². The summed E-state index contributed by atoms with van der Waals surface area (Å²) < 4.78 is 5.95. The molecule has 1 N–H and O–H groups in total. The number of furan rings is 1. The van der Waals surface area contributed by atoms with E-state index in [-0.39, 0.29) is 22.9 Å². The second-order valence-electron chi connectivity index (χ2n) is 7.79. The van der Waals surface area contributed by atoms with E-state index in [9.17, 15) is 10.1 Å². The Morgan fingerprint density at radius 2 is 1.75 bits per heavy atom. The molecular weight excluding hydrogens is 537 g/mol. The van der Waals surface area contributed by atoms with Gasteiger partial charge in [-0.05, 0) is 48.5 Å². The molecule has 0 aliphatic carbocycles. The molecule has 0 amide bonds. The third-order valence-corrected chi connectivity index (χ3v) is 6.22. The van der Waals surface area contributed by atoms with Gasteiger partial charge in [-0.1, -0.05) is 35.0 Å². The molecule has 32 heavy (non-hydrogen) atoms. The number of nitrogens with one attached hydrogen (secondary N) is 1. The van der Waals surface area contributed by atoms with Crippen molar-refractivity contribution in [2.45, 2.75) is 22.8 Å². The van der Waals surface area contributed by atoms with E-state index >= 15 is 0 Å². The first-order valence-corrected chi connectivity index (χ1v) is 11.3. The molecule has 0 bridgehead atoms. The summed E-state index contributed by atoms with van der Waals surface area (Å²) in [7, 11) is 4.16. The molecule has 0 aliphatic heterocycles. The summed E-state index contributed by atoms with van der Waals surface area (Å²) in [6, 6.07) is 16.6. The zero-order valence-corrected chi connectivity index (χ0v) is 21.6. The minimum atomic E-state index is -0.516. The molecule has 10 heteroatoms. The molecule has 3 aromatic rings. The molecule has 1 aromatic heterocycles. The molecule has 2 aromatic carbocycles. The quantitative estimate of drug-likeness (QED) is 0.177. The first-order chi connectivity index (χ1) is 14.7. The maximum absolute atomic E-state index is 10.8. The second-order valence-corrected chi connectivity index (χ2v) is 9.78. The molecule has 6 nitrogen and oxygen atoms in total. The van der Waals surface area contributed by atoms with Gasteiger partial charge in [0.15, 0.2) is 5.76 Å². The lowest BCUT2D eigenvalue weighted by Gasteiger charge is -2.28. The Morgan fingerprint density at radius 3 is 2.41 bits per heavy atom. The van der Waals surface area contributed by atoms with E-state index in [0.29, 0.717) is 26.8 Å². The van der Waals surface area contributed by atoms with Gasteiger partial charge in [0.1, 0.15) is 11.5 Å². The van der Waals surface area contributed by atoms with Gasteiger partial charge < -0.3 is 31.2 Å². The van der Waals surface area contributed by atoms with Gasteiger partial charge in [-0.3, -0.25) is 10.1 Å². The summed E-state index contributed by atoms with van der Waals surface area (Å²) in [5, 5.41) is 15.7. The summed E-state index contributed by atoms with van der Waals surface area (Å²) in [5.74, 6) is 0.393. The molecule has 0 spiro atoms. The molecule has 0 unspecified atom stereocenters. The van der Waals surface area contributed by atoms with Gasteiger partial charge in [0.2, 0.25) is 0 Å². The Hall–Kier alpha value is -1.71. The zero-order valence-electron chi connectivity index (χ0n) is 17.7. The van der Waals surface area contributed by atoms with E-state index in [1.165, 1.54) is 6.07 Å². The lowest BCUT2D eigenvalue weighted by Crippen LogP contribution is -3.00. The molecule has 3 rings (SSSR count). The summed E-state index contributed by atoms with van der Waals surface area (Å²) in [6.45, 7) is 2.24. The predicted octanol–water partition coefficient (Wildman–Crippen LogP) is 3.73. The number of anilines is 1. The highest BCUT2D eigenvalue weighted by Gasteiger charge is 2.20. The number of quaternary nitrogens is 1. The van der Waals surface area contributed by atoms with E-state index in [4.69, 9.17) is 27.6 Å². The monoisotopic (exact) mass is 559 g/mol. The first-order valence-electron chi connectivity index (χ1n) is 9.74. The van der Waals surface area contributed by atoms with Crippen LogP contribution in [0.15, 0.2) is 68.8 Å². The van der Waals surface area contributed by atoms with Gasteiger partial charge in [-0.15, -0.1) is 0 Å². The van der Waals surface area contributed by atoms with Crippen molar-refractivity contribution in [3.05, 3.63) is 80.5 Å². The number of nitro groups is 1. The molecule has 0 atom stereocenters. The van der Waals surface area contributed by atoms with Crippen LogP contribution in [0.1, 0.15) is 12.2 Å². The third-order valence-electron chi connectivity index (χ3n) is 4.65. The highest BCUT2D eigenvalue weighted by atomic mass is 79.9. The molecule has 1 heterocycles.